The van der Waals surface area contributed by atoms with Gasteiger partial charge in [0, 0.05) is 5.41 Å². The second kappa shape index (κ2) is 4.57. The SMILES string of the molecule is C=C1C[C@H]2[C@H]3[C@H](CC[C@]2(C)C1=O)[C@H]1CCCC=C1C[C@H]3C. The number of carbonyl (C=O) groups excluding carboxylic acids is 1. The molecule has 114 valence electrons. The third-order valence-electron chi connectivity index (χ3n) is 7.41. The molecule has 0 N–H and O–H groups in total. The minimum Gasteiger partial charge on any atom is -0.294 e. The van der Waals surface area contributed by atoms with Crippen LogP contribution in [0.15, 0.2) is 23.8 Å². The predicted molar refractivity (Wildman–Crippen MR) is 85.8 cm³/mol. The van der Waals surface area contributed by atoms with Crippen LogP contribution in [0, 0.1) is 35.0 Å². The van der Waals surface area contributed by atoms with E-state index in [2.05, 4.69) is 26.5 Å². The number of Topliss-reactive ketones (excluding diaryl/α,β-unsaturated/α-hetero) is 1. The first kappa shape index (κ1) is 13.8. The first-order chi connectivity index (χ1) is 10.0. The summed E-state index contributed by atoms with van der Waals surface area (Å²) in [7, 11) is 0. The number of hydrogen-bond acceptors (Lipinski definition) is 1. The summed E-state index contributed by atoms with van der Waals surface area (Å²) < 4.78 is 0. The fourth-order valence-corrected chi connectivity index (χ4v) is 6.45. The molecule has 6 atom stereocenters. The van der Waals surface area contributed by atoms with Crippen molar-refractivity contribution in [3.05, 3.63) is 23.8 Å². The van der Waals surface area contributed by atoms with Crippen molar-refractivity contribution >= 4 is 5.78 Å². The van der Waals surface area contributed by atoms with Crippen LogP contribution in [0.3, 0.4) is 0 Å². The van der Waals surface area contributed by atoms with Gasteiger partial charge in [-0.1, -0.05) is 32.1 Å². The van der Waals surface area contributed by atoms with Gasteiger partial charge in [0.05, 0.1) is 0 Å². The molecule has 21 heavy (non-hydrogen) atoms. The summed E-state index contributed by atoms with van der Waals surface area (Å²) in [4.78, 5) is 12.6. The standard InChI is InChI=1S/C20H28O/c1-12-10-14-6-4-5-7-15(14)16-8-9-20(3)17(18(12)16)11-13(2)19(20)21/h6,12,15-18H,2,4-5,7-11H2,1,3H3/t12-,15+,16-,17+,18-,20+/m1/s1. The van der Waals surface area contributed by atoms with E-state index in [0.717, 1.165) is 42.1 Å². The summed E-state index contributed by atoms with van der Waals surface area (Å²) in [5, 5.41) is 0. The van der Waals surface area contributed by atoms with Crippen LogP contribution in [0.1, 0.15) is 58.8 Å². The first-order valence-corrected chi connectivity index (χ1v) is 8.94. The Kier molecular flexibility index (Phi) is 3.00. The van der Waals surface area contributed by atoms with E-state index in [4.69, 9.17) is 0 Å². The van der Waals surface area contributed by atoms with E-state index in [0.29, 0.717) is 11.7 Å². The van der Waals surface area contributed by atoms with E-state index in [1.165, 1.54) is 32.1 Å². The summed E-state index contributed by atoms with van der Waals surface area (Å²) >= 11 is 0. The highest BCUT2D eigenvalue weighted by molar-refractivity contribution is 6.02. The molecule has 0 bridgehead atoms. The van der Waals surface area contributed by atoms with Gasteiger partial charge in [-0.25, -0.2) is 0 Å². The van der Waals surface area contributed by atoms with Crippen LogP contribution in [0.4, 0.5) is 0 Å². The zero-order chi connectivity index (χ0) is 14.8. The maximum atomic E-state index is 12.6. The minimum absolute atomic E-state index is 0.0810. The van der Waals surface area contributed by atoms with E-state index in [9.17, 15) is 4.79 Å². The van der Waals surface area contributed by atoms with Crippen molar-refractivity contribution in [1.29, 1.82) is 0 Å². The van der Waals surface area contributed by atoms with Gasteiger partial charge in [-0.3, -0.25) is 4.79 Å². The van der Waals surface area contributed by atoms with Gasteiger partial charge >= 0.3 is 0 Å². The molecule has 0 aromatic carbocycles. The van der Waals surface area contributed by atoms with Gasteiger partial charge in [0.25, 0.3) is 0 Å². The van der Waals surface area contributed by atoms with Crippen molar-refractivity contribution in [2.45, 2.75) is 58.8 Å². The average Bonchev–Trinajstić information content (AvgIpc) is 2.70. The van der Waals surface area contributed by atoms with Crippen LogP contribution < -0.4 is 0 Å². The number of carbonyl (C=O) groups is 1. The fourth-order valence-electron chi connectivity index (χ4n) is 6.45. The molecule has 0 spiro atoms. The van der Waals surface area contributed by atoms with E-state index < -0.39 is 0 Å². The van der Waals surface area contributed by atoms with Crippen molar-refractivity contribution in [2.75, 3.05) is 0 Å². The Hall–Kier alpha value is -0.850. The zero-order valence-electron chi connectivity index (χ0n) is 13.5. The van der Waals surface area contributed by atoms with E-state index >= 15 is 0 Å². The monoisotopic (exact) mass is 284 g/mol. The Balaban J connectivity index is 1.72. The Labute approximate surface area is 128 Å². The molecule has 4 rings (SSSR count). The fraction of sp³-hybridized carbons (Fsp3) is 0.750. The van der Waals surface area contributed by atoms with Crippen molar-refractivity contribution in [1.82, 2.24) is 0 Å². The number of allylic oxidation sites excluding steroid dienone is 3. The molecule has 0 aromatic rings. The molecular formula is C20H28O. The van der Waals surface area contributed by atoms with E-state index in [-0.39, 0.29) is 5.41 Å². The van der Waals surface area contributed by atoms with Crippen LogP contribution >= 0.6 is 0 Å². The Morgan fingerprint density at radius 3 is 2.90 bits per heavy atom. The molecule has 0 heterocycles. The molecule has 0 saturated heterocycles. The molecule has 0 aliphatic heterocycles. The summed E-state index contributed by atoms with van der Waals surface area (Å²) in [6.07, 6.45) is 11.3. The van der Waals surface area contributed by atoms with Gasteiger partial charge in [-0.15, -0.1) is 0 Å². The molecular weight excluding hydrogens is 256 g/mol. The van der Waals surface area contributed by atoms with E-state index in [1.54, 1.807) is 5.57 Å². The Morgan fingerprint density at radius 2 is 2.10 bits per heavy atom. The number of ketones is 1. The number of fused-ring (bicyclic) bond motifs is 5. The summed E-state index contributed by atoms with van der Waals surface area (Å²) in [5.41, 5.74) is 2.60. The second-order valence-electron chi connectivity index (χ2n) is 8.44. The molecule has 1 heteroatoms. The lowest BCUT2D eigenvalue weighted by Gasteiger charge is -2.54. The number of rotatable bonds is 0. The van der Waals surface area contributed by atoms with Crippen molar-refractivity contribution < 1.29 is 4.79 Å². The normalized spacial score (nSPS) is 49.2. The summed E-state index contributed by atoms with van der Waals surface area (Å²) in [5.74, 6) is 4.16. The van der Waals surface area contributed by atoms with Crippen molar-refractivity contribution in [3.63, 3.8) is 0 Å². The lowest BCUT2D eigenvalue weighted by molar-refractivity contribution is -0.130. The molecule has 3 fully saturated rings. The van der Waals surface area contributed by atoms with Crippen LogP contribution in [-0.4, -0.2) is 5.78 Å². The molecule has 1 nitrogen and oxygen atoms in total. The molecule has 4 aliphatic carbocycles. The third kappa shape index (κ3) is 1.79. The van der Waals surface area contributed by atoms with Gasteiger partial charge in [0.15, 0.2) is 5.78 Å². The topological polar surface area (TPSA) is 17.1 Å². The quantitative estimate of drug-likeness (QED) is 0.455. The van der Waals surface area contributed by atoms with Crippen molar-refractivity contribution in [2.24, 2.45) is 35.0 Å². The van der Waals surface area contributed by atoms with Gasteiger partial charge < -0.3 is 0 Å². The van der Waals surface area contributed by atoms with Crippen molar-refractivity contribution in [3.8, 4) is 0 Å². The maximum absolute atomic E-state index is 12.6. The first-order valence-electron chi connectivity index (χ1n) is 8.94. The summed E-state index contributed by atoms with van der Waals surface area (Å²) in [6, 6.07) is 0. The number of hydrogen-bond donors (Lipinski definition) is 0. The lowest BCUT2D eigenvalue weighted by atomic mass is 9.50. The molecule has 0 aromatic heterocycles. The van der Waals surface area contributed by atoms with Crippen LogP contribution in [0.25, 0.3) is 0 Å². The highest BCUT2D eigenvalue weighted by atomic mass is 16.1. The summed E-state index contributed by atoms with van der Waals surface area (Å²) in [6.45, 7) is 8.78. The smallest absolute Gasteiger partial charge is 0.164 e. The zero-order valence-corrected chi connectivity index (χ0v) is 13.5. The highest BCUT2D eigenvalue weighted by Crippen LogP contribution is 2.62. The van der Waals surface area contributed by atoms with Gasteiger partial charge in [0.2, 0.25) is 0 Å². The molecule has 3 saturated carbocycles. The molecule has 0 radical (unpaired) electrons. The maximum Gasteiger partial charge on any atom is 0.164 e. The van der Waals surface area contributed by atoms with Gasteiger partial charge in [0.1, 0.15) is 0 Å². The largest absolute Gasteiger partial charge is 0.294 e. The molecule has 0 amide bonds. The van der Waals surface area contributed by atoms with Crippen LogP contribution in [-0.2, 0) is 4.79 Å². The highest BCUT2D eigenvalue weighted by Gasteiger charge is 2.58. The van der Waals surface area contributed by atoms with E-state index in [1.807, 2.05) is 0 Å². The molecule has 0 unspecified atom stereocenters. The minimum atomic E-state index is -0.0810. The lowest BCUT2D eigenvalue weighted by Crippen LogP contribution is -2.49. The van der Waals surface area contributed by atoms with Gasteiger partial charge in [-0.05, 0) is 80.1 Å². The average molecular weight is 284 g/mol. The second-order valence-corrected chi connectivity index (χ2v) is 8.44. The Bertz CT molecular complexity index is 528. The van der Waals surface area contributed by atoms with Crippen LogP contribution in [0.5, 0.6) is 0 Å². The van der Waals surface area contributed by atoms with Crippen LogP contribution in [0.2, 0.25) is 0 Å². The molecule has 4 aliphatic rings. The van der Waals surface area contributed by atoms with Gasteiger partial charge in [-0.2, -0.15) is 0 Å². The predicted octanol–water partition coefficient (Wildman–Crippen LogP) is 4.93. The third-order valence-corrected chi connectivity index (χ3v) is 7.41. The Morgan fingerprint density at radius 1 is 1.29 bits per heavy atom.